The van der Waals surface area contributed by atoms with Crippen molar-refractivity contribution in [2.24, 2.45) is 5.73 Å². The van der Waals surface area contributed by atoms with E-state index in [0.717, 1.165) is 24.0 Å². The summed E-state index contributed by atoms with van der Waals surface area (Å²) < 4.78 is 33.3. The Bertz CT molecular complexity index is 1110. The van der Waals surface area contributed by atoms with E-state index < -0.39 is 27.9 Å². The molecule has 2 aliphatic rings. The zero-order valence-electron chi connectivity index (χ0n) is 16.5. The van der Waals surface area contributed by atoms with Crippen LogP contribution >= 0.6 is 0 Å². The van der Waals surface area contributed by atoms with Crippen molar-refractivity contribution >= 4 is 21.8 Å². The maximum Gasteiger partial charge on any atom is 0.254 e. The Morgan fingerprint density at radius 3 is 2.47 bits per heavy atom. The van der Waals surface area contributed by atoms with Crippen molar-refractivity contribution in [2.45, 2.75) is 42.8 Å². The first-order chi connectivity index (χ1) is 14.3. The largest absolute Gasteiger partial charge is 0.495 e. The summed E-state index contributed by atoms with van der Waals surface area (Å²) in [6.07, 6.45) is 1.89. The lowest BCUT2D eigenvalue weighted by Crippen LogP contribution is -2.51. The van der Waals surface area contributed by atoms with Gasteiger partial charge in [0.25, 0.3) is 5.91 Å². The Balaban J connectivity index is 1.70. The summed E-state index contributed by atoms with van der Waals surface area (Å²) >= 11 is 0. The molecule has 0 unspecified atom stereocenters. The average Bonchev–Trinajstić information content (AvgIpc) is 3.55. The molecule has 158 valence electrons. The minimum Gasteiger partial charge on any atom is -0.495 e. The van der Waals surface area contributed by atoms with Gasteiger partial charge in [0.1, 0.15) is 16.7 Å². The molecule has 1 fully saturated rings. The smallest absolute Gasteiger partial charge is 0.254 e. The number of primary amides is 1. The molecule has 9 heteroatoms. The number of amides is 2. The van der Waals surface area contributed by atoms with Gasteiger partial charge in [0.05, 0.1) is 7.11 Å². The molecule has 4 rings (SSSR count). The molecule has 2 amide bonds. The number of carbonyl (C=O) groups is 2. The highest BCUT2D eigenvalue weighted by Crippen LogP contribution is 2.30. The predicted molar refractivity (Wildman–Crippen MR) is 109 cm³/mol. The monoisotopic (exact) mass is 429 g/mol. The number of nitrogens with one attached hydrogen (secondary N) is 1. The third-order valence-corrected chi connectivity index (χ3v) is 6.98. The van der Waals surface area contributed by atoms with Crippen LogP contribution in [0.5, 0.6) is 5.75 Å². The van der Waals surface area contributed by atoms with Gasteiger partial charge in [-0.05, 0) is 42.2 Å². The van der Waals surface area contributed by atoms with E-state index in [2.05, 4.69) is 4.72 Å². The first-order valence-electron chi connectivity index (χ1n) is 9.67. The van der Waals surface area contributed by atoms with Crippen LogP contribution < -0.4 is 15.2 Å². The minimum absolute atomic E-state index is 0.0862. The van der Waals surface area contributed by atoms with Crippen molar-refractivity contribution in [3.63, 3.8) is 0 Å². The van der Waals surface area contributed by atoms with Gasteiger partial charge in [0.15, 0.2) is 0 Å². The highest BCUT2D eigenvalue weighted by Gasteiger charge is 2.35. The number of nitrogens with two attached hydrogens (primary N) is 1. The first kappa shape index (κ1) is 20.4. The summed E-state index contributed by atoms with van der Waals surface area (Å²) in [5.74, 6) is -0.913. The van der Waals surface area contributed by atoms with Crippen molar-refractivity contribution in [3.8, 4) is 5.75 Å². The molecule has 0 radical (unpaired) electrons. The molecular formula is C21H23N3O5S. The summed E-state index contributed by atoms with van der Waals surface area (Å²) in [4.78, 5) is 26.7. The summed E-state index contributed by atoms with van der Waals surface area (Å²) in [6.45, 7) is 0.219. The second kappa shape index (κ2) is 7.73. The quantitative estimate of drug-likeness (QED) is 0.715. The minimum atomic E-state index is -3.84. The second-order valence-corrected chi connectivity index (χ2v) is 9.27. The van der Waals surface area contributed by atoms with Gasteiger partial charge in [-0.3, -0.25) is 9.59 Å². The van der Waals surface area contributed by atoms with Gasteiger partial charge in [0, 0.05) is 24.6 Å². The highest BCUT2D eigenvalue weighted by atomic mass is 32.2. The maximum atomic E-state index is 13.3. The second-order valence-electron chi connectivity index (χ2n) is 7.59. The molecular weight excluding hydrogens is 406 g/mol. The Labute approximate surface area is 175 Å². The lowest BCUT2D eigenvalue weighted by atomic mass is 9.93. The van der Waals surface area contributed by atoms with E-state index in [-0.39, 0.29) is 28.8 Å². The third kappa shape index (κ3) is 3.90. The normalized spacial score (nSPS) is 18.6. The Morgan fingerprint density at radius 2 is 1.83 bits per heavy atom. The summed E-state index contributed by atoms with van der Waals surface area (Å²) in [6, 6.07) is 10.9. The number of methoxy groups -OCH3 is 1. The summed E-state index contributed by atoms with van der Waals surface area (Å²) in [7, 11) is -2.47. The zero-order valence-corrected chi connectivity index (χ0v) is 17.3. The molecule has 1 heterocycles. The van der Waals surface area contributed by atoms with Crippen molar-refractivity contribution in [1.29, 1.82) is 0 Å². The van der Waals surface area contributed by atoms with E-state index in [1.54, 1.807) is 0 Å². The van der Waals surface area contributed by atoms with Crippen LogP contribution in [0.15, 0.2) is 47.4 Å². The van der Waals surface area contributed by atoms with Gasteiger partial charge >= 0.3 is 0 Å². The molecule has 8 nitrogen and oxygen atoms in total. The van der Waals surface area contributed by atoms with Crippen LogP contribution in [0, 0.1) is 0 Å². The Kier molecular flexibility index (Phi) is 5.25. The fourth-order valence-electron chi connectivity index (χ4n) is 3.66. The summed E-state index contributed by atoms with van der Waals surface area (Å²) in [5.41, 5.74) is 7.63. The fraction of sp³-hybridized carbons (Fsp3) is 0.333. The van der Waals surface area contributed by atoms with Crippen molar-refractivity contribution in [3.05, 3.63) is 59.2 Å². The van der Waals surface area contributed by atoms with Gasteiger partial charge in [-0.1, -0.05) is 24.3 Å². The van der Waals surface area contributed by atoms with Gasteiger partial charge in [-0.25, -0.2) is 13.1 Å². The molecule has 0 spiro atoms. The van der Waals surface area contributed by atoms with E-state index >= 15 is 0 Å². The van der Waals surface area contributed by atoms with E-state index in [1.165, 1.54) is 30.2 Å². The number of fused-ring (bicyclic) bond motifs is 1. The van der Waals surface area contributed by atoms with Gasteiger partial charge < -0.3 is 15.4 Å². The van der Waals surface area contributed by atoms with Crippen molar-refractivity contribution in [2.75, 3.05) is 7.11 Å². The number of rotatable bonds is 6. The zero-order chi connectivity index (χ0) is 21.5. The number of nitrogens with zero attached hydrogens (tertiary/aromatic N) is 1. The van der Waals surface area contributed by atoms with Crippen LogP contribution in [0.25, 0.3) is 0 Å². The molecule has 0 saturated heterocycles. The van der Waals surface area contributed by atoms with Crippen LogP contribution in [0.2, 0.25) is 0 Å². The number of hydrogen-bond acceptors (Lipinski definition) is 5. The highest BCUT2D eigenvalue weighted by molar-refractivity contribution is 7.89. The number of ether oxygens (including phenoxy) is 1. The third-order valence-electron chi connectivity index (χ3n) is 5.44. The van der Waals surface area contributed by atoms with Crippen LogP contribution in [-0.4, -0.2) is 44.3 Å². The Morgan fingerprint density at radius 1 is 1.13 bits per heavy atom. The Hall–Kier alpha value is -2.91. The fourth-order valence-corrected chi connectivity index (χ4v) is 5.16. The van der Waals surface area contributed by atoms with Crippen LogP contribution in [0.1, 0.15) is 34.3 Å². The number of benzene rings is 2. The molecule has 3 N–H and O–H groups in total. The standard InChI is InChI=1S/C21H23N3O5S/c1-29-18-9-6-14(11-19(18)30(27,28)23-16-7-8-16)21(26)24-12-15-5-3-2-4-13(15)10-17(24)20(22)25/h2-6,9,11,16-17,23H,7-8,10,12H2,1H3,(H2,22,25)/t17-/m0/s1. The molecule has 1 atom stereocenters. The van der Waals surface area contributed by atoms with E-state index in [0.29, 0.717) is 6.42 Å². The predicted octanol–water partition coefficient (Wildman–Crippen LogP) is 1.19. The van der Waals surface area contributed by atoms with Crippen molar-refractivity contribution < 1.29 is 22.7 Å². The van der Waals surface area contributed by atoms with Crippen LogP contribution in [0.4, 0.5) is 0 Å². The molecule has 2 aromatic rings. The molecule has 2 aromatic carbocycles. The summed E-state index contributed by atoms with van der Waals surface area (Å²) in [5, 5.41) is 0. The molecule has 1 aliphatic carbocycles. The van der Waals surface area contributed by atoms with Crippen molar-refractivity contribution in [1.82, 2.24) is 9.62 Å². The average molecular weight is 429 g/mol. The van der Waals surface area contributed by atoms with Gasteiger partial charge in [-0.15, -0.1) is 0 Å². The molecule has 30 heavy (non-hydrogen) atoms. The van der Waals surface area contributed by atoms with E-state index in [1.807, 2.05) is 24.3 Å². The lowest BCUT2D eigenvalue weighted by Gasteiger charge is -2.35. The number of carbonyl (C=O) groups excluding carboxylic acids is 2. The van der Waals surface area contributed by atoms with E-state index in [9.17, 15) is 18.0 Å². The SMILES string of the molecule is COc1ccc(C(=O)N2Cc3ccccc3C[C@H]2C(N)=O)cc1S(=O)(=O)NC1CC1. The maximum absolute atomic E-state index is 13.3. The molecule has 0 bridgehead atoms. The van der Waals surface area contributed by atoms with Gasteiger partial charge in [0.2, 0.25) is 15.9 Å². The van der Waals surface area contributed by atoms with Crippen LogP contribution in [0.3, 0.4) is 0 Å². The topological polar surface area (TPSA) is 119 Å². The van der Waals surface area contributed by atoms with E-state index in [4.69, 9.17) is 10.5 Å². The number of sulfonamides is 1. The molecule has 1 aliphatic heterocycles. The van der Waals surface area contributed by atoms with Crippen LogP contribution in [-0.2, 0) is 27.8 Å². The van der Waals surface area contributed by atoms with Gasteiger partial charge in [-0.2, -0.15) is 0 Å². The molecule has 1 saturated carbocycles. The molecule has 0 aromatic heterocycles. The lowest BCUT2D eigenvalue weighted by molar-refractivity contribution is -0.122. The number of hydrogen-bond donors (Lipinski definition) is 2. The first-order valence-corrected chi connectivity index (χ1v) is 11.2.